The molecule has 0 spiro atoms. The molecule has 1 aromatic heterocycles. The van der Waals surface area contributed by atoms with Gasteiger partial charge >= 0.3 is 5.97 Å². The highest BCUT2D eigenvalue weighted by Crippen LogP contribution is 2.28. The van der Waals surface area contributed by atoms with Gasteiger partial charge in [-0.3, -0.25) is 0 Å². The predicted octanol–water partition coefficient (Wildman–Crippen LogP) is 2.62. The number of rotatable bonds is 3. The summed E-state index contributed by atoms with van der Waals surface area (Å²) in [5.74, 6) is -0.0699. The van der Waals surface area contributed by atoms with Gasteiger partial charge in [0.05, 0.1) is 0 Å². The summed E-state index contributed by atoms with van der Waals surface area (Å²) in [5, 5.41) is 12.5. The minimum Gasteiger partial charge on any atom is -0.476 e. The molecule has 0 atom stereocenters. The monoisotopic (exact) mass is 197 g/mol. The summed E-state index contributed by atoms with van der Waals surface area (Å²) < 4.78 is 5.05. The molecule has 0 aliphatic carbocycles. The standard InChI is InChI=1S/C10H15NO3/c1-5(2)7-8(10(12)13)11-14-9(7)6(3)4/h5-6H,1-4H3,(H,12,13). The van der Waals surface area contributed by atoms with E-state index in [1.807, 2.05) is 27.7 Å². The maximum absolute atomic E-state index is 10.8. The van der Waals surface area contributed by atoms with Gasteiger partial charge in [0, 0.05) is 11.5 Å². The van der Waals surface area contributed by atoms with Crippen LogP contribution in [0, 0.1) is 0 Å². The van der Waals surface area contributed by atoms with Crippen LogP contribution in [-0.2, 0) is 0 Å². The van der Waals surface area contributed by atoms with Gasteiger partial charge in [0.2, 0.25) is 0 Å². The zero-order valence-corrected chi connectivity index (χ0v) is 8.87. The van der Waals surface area contributed by atoms with E-state index in [2.05, 4.69) is 5.16 Å². The molecule has 0 saturated heterocycles. The number of carboxylic acids is 1. The lowest BCUT2D eigenvalue weighted by molar-refractivity contribution is 0.0684. The average Bonchev–Trinajstić information content (AvgIpc) is 2.46. The molecule has 0 radical (unpaired) electrons. The summed E-state index contributed by atoms with van der Waals surface area (Å²) in [6, 6.07) is 0. The van der Waals surface area contributed by atoms with Crippen LogP contribution in [0.3, 0.4) is 0 Å². The van der Waals surface area contributed by atoms with E-state index in [0.717, 1.165) is 0 Å². The van der Waals surface area contributed by atoms with Crippen molar-refractivity contribution in [2.75, 3.05) is 0 Å². The average molecular weight is 197 g/mol. The van der Waals surface area contributed by atoms with Crippen LogP contribution in [0.25, 0.3) is 0 Å². The first-order valence-corrected chi connectivity index (χ1v) is 4.67. The number of aromatic carboxylic acids is 1. The molecule has 1 heterocycles. The van der Waals surface area contributed by atoms with Crippen molar-refractivity contribution in [3.8, 4) is 0 Å². The van der Waals surface area contributed by atoms with E-state index >= 15 is 0 Å². The first kappa shape index (κ1) is 10.8. The van der Waals surface area contributed by atoms with Crippen molar-refractivity contribution in [1.29, 1.82) is 0 Å². The Kier molecular flexibility index (Phi) is 2.93. The Bertz CT molecular complexity index is 339. The molecule has 1 aromatic rings. The molecule has 4 heteroatoms. The minimum atomic E-state index is -1.02. The van der Waals surface area contributed by atoms with Gasteiger partial charge in [0.25, 0.3) is 0 Å². The summed E-state index contributed by atoms with van der Waals surface area (Å²) in [6.45, 7) is 7.78. The molecule has 0 saturated carbocycles. The molecule has 0 bridgehead atoms. The highest BCUT2D eigenvalue weighted by atomic mass is 16.5. The maximum atomic E-state index is 10.8. The lowest BCUT2D eigenvalue weighted by Gasteiger charge is -2.07. The fourth-order valence-electron chi connectivity index (χ4n) is 1.44. The lowest BCUT2D eigenvalue weighted by Crippen LogP contribution is -2.04. The smallest absolute Gasteiger partial charge is 0.358 e. The predicted molar refractivity (Wildman–Crippen MR) is 51.6 cm³/mol. The Morgan fingerprint density at radius 1 is 1.29 bits per heavy atom. The molecule has 78 valence electrons. The summed E-state index contributed by atoms with van der Waals surface area (Å²) in [7, 11) is 0. The largest absolute Gasteiger partial charge is 0.476 e. The molecule has 1 N–H and O–H groups in total. The number of carboxylic acid groups (broad SMARTS) is 1. The fourth-order valence-corrected chi connectivity index (χ4v) is 1.44. The van der Waals surface area contributed by atoms with Crippen LogP contribution in [0.4, 0.5) is 0 Å². The van der Waals surface area contributed by atoms with Crippen LogP contribution >= 0.6 is 0 Å². The Labute approximate surface area is 82.9 Å². The second-order valence-electron chi connectivity index (χ2n) is 3.92. The van der Waals surface area contributed by atoms with Gasteiger partial charge in [-0.05, 0) is 5.92 Å². The van der Waals surface area contributed by atoms with Crippen molar-refractivity contribution in [3.63, 3.8) is 0 Å². The quantitative estimate of drug-likeness (QED) is 0.808. The van der Waals surface area contributed by atoms with Crippen LogP contribution in [0.2, 0.25) is 0 Å². The van der Waals surface area contributed by atoms with Crippen molar-refractivity contribution in [1.82, 2.24) is 5.16 Å². The second-order valence-corrected chi connectivity index (χ2v) is 3.92. The molecular weight excluding hydrogens is 182 g/mol. The van der Waals surface area contributed by atoms with Crippen LogP contribution < -0.4 is 0 Å². The fraction of sp³-hybridized carbons (Fsp3) is 0.600. The first-order chi connectivity index (χ1) is 6.45. The molecule has 4 nitrogen and oxygen atoms in total. The van der Waals surface area contributed by atoms with Crippen molar-refractivity contribution >= 4 is 5.97 Å². The zero-order valence-electron chi connectivity index (χ0n) is 8.87. The van der Waals surface area contributed by atoms with Gasteiger partial charge in [-0.1, -0.05) is 32.9 Å². The third-order valence-corrected chi connectivity index (χ3v) is 2.06. The molecule has 0 unspecified atom stereocenters. The minimum absolute atomic E-state index is 0.0451. The lowest BCUT2D eigenvalue weighted by atomic mass is 9.96. The third-order valence-electron chi connectivity index (χ3n) is 2.06. The van der Waals surface area contributed by atoms with Crippen LogP contribution in [0.1, 0.15) is 61.3 Å². The van der Waals surface area contributed by atoms with Gasteiger partial charge in [0.15, 0.2) is 5.69 Å². The molecule has 0 aliphatic rings. The molecule has 14 heavy (non-hydrogen) atoms. The van der Waals surface area contributed by atoms with E-state index in [4.69, 9.17) is 9.63 Å². The van der Waals surface area contributed by atoms with Gasteiger partial charge in [-0.15, -0.1) is 0 Å². The molecular formula is C10H15NO3. The SMILES string of the molecule is CC(C)c1onc(C(=O)O)c1C(C)C. The second kappa shape index (κ2) is 3.82. The summed E-state index contributed by atoms with van der Waals surface area (Å²) in [6.07, 6.45) is 0. The Morgan fingerprint density at radius 2 is 1.86 bits per heavy atom. The Hall–Kier alpha value is -1.32. The highest BCUT2D eigenvalue weighted by molar-refractivity contribution is 5.87. The molecule has 0 aliphatic heterocycles. The van der Waals surface area contributed by atoms with Crippen molar-refractivity contribution in [2.24, 2.45) is 0 Å². The first-order valence-electron chi connectivity index (χ1n) is 4.67. The summed E-state index contributed by atoms with van der Waals surface area (Å²) >= 11 is 0. The van der Waals surface area contributed by atoms with E-state index in [-0.39, 0.29) is 17.5 Å². The number of aromatic nitrogens is 1. The molecule has 0 amide bonds. The van der Waals surface area contributed by atoms with Gasteiger partial charge in [-0.25, -0.2) is 4.79 Å². The summed E-state index contributed by atoms with van der Waals surface area (Å²) in [5.41, 5.74) is 0.760. The van der Waals surface area contributed by atoms with Crippen LogP contribution in [-0.4, -0.2) is 16.2 Å². The van der Waals surface area contributed by atoms with E-state index < -0.39 is 5.97 Å². The number of nitrogens with zero attached hydrogens (tertiary/aromatic N) is 1. The Morgan fingerprint density at radius 3 is 2.21 bits per heavy atom. The van der Waals surface area contributed by atoms with Crippen molar-refractivity contribution < 1.29 is 14.4 Å². The summed E-state index contributed by atoms with van der Waals surface area (Å²) in [4.78, 5) is 10.8. The van der Waals surface area contributed by atoms with E-state index in [1.54, 1.807) is 0 Å². The highest BCUT2D eigenvalue weighted by Gasteiger charge is 2.24. The number of hydrogen-bond donors (Lipinski definition) is 1. The van der Waals surface area contributed by atoms with E-state index in [0.29, 0.717) is 11.3 Å². The molecule has 1 rings (SSSR count). The topological polar surface area (TPSA) is 63.3 Å². The number of carbonyl (C=O) groups is 1. The van der Waals surface area contributed by atoms with Crippen molar-refractivity contribution in [3.05, 3.63) is 17.0 Å². The maximum Gasteiger partial charge on any atom is 0.358 e. The molecule has 0 aromatic carbocycles. The molecule has 0 fully saturated rings. The number of hydrogen-bond acceptors (Lipinski definition) is 3. The van der Waals surface area contributed by atoms with Crippen LogP contribution in [0.5, 0.6) is 0 Å². The normalized spacial score (nSPS) is 11.3. The van der Waals surface area contributed by atoms with Crippen LogP contribution in [0.15, 0.2) is 4.52 Å². The zero-order chi connectivity index (χ0) is 10.9. The van der Waals surface area contributed by atoms with Gasteiger partial charge < -0.3 is 9.63 Å². The van der Waals surface area contributed by atoms with Gasteiger partial charge in [0.1, 0.15) is 5.76 Å². The Balaban J connectivity index is 3.27. The van der Waals surface area contributed by atoms with E-state index in [9.17, 15) is 4.79 Å². The van der Waals surface area contributed by atoms with Gasteiger partial charge in [-0.2, -0.15) is 0 Å². The third kappa shape index (κ3) is 1.78. The van der Waals surface area contributed by atoms with E-state index in [1.165, 1.54) is 0 Å². The van der Waals surface area contributed by atoms with Crippen molar-refractivity contribution in [2.45, 2.75) is 39.5 Å².